The fourth-order valence-electron chi connectivity index (χ4n) is 12.4. The van der Waals surface area contributed by atoms with Crippen molar-refractivity contribution in [2.45, 2.75) is 131 Å². The predicted octanol–water partition coefficient (Wildman–Crippen LogP) is 7.69. The van der Waals surface area contributed by atoms with Crippen molar-refractivity contribution >= 4 is 5.91 Å². The van der Waals surface area contributed by atoms with E-state index < -0.39 is 0 Å². The molecule has 6 aliphatic rings. The topological polar surface area (TPSA) is 32.3 Å². The number of likely N-dealkylation sites (tertiary alicyclic amines) is 1. The molecule has 0 aromatic rings. The fourth-order valence-corrected chi connectivity index (χ4v) is 12.4. The molecule has 10 atom stereocenters. The summed E-state index contributed by atoms with van der Waals surface area (Å²) in [5.41, 5.74) is 0.827. The second-order valence-electron chi connectivity index (χ2n) is 16.4. The number of carbonyl (C=O) groups excluding carboxylic acids is 1. The van der Waals surface area contributed by atoms with Crippen LogP contribution in [-0.2, 0) is 4.79 Å². The first-order valence-electron chi connectivity index (χ1n) is 16.6. The summed E-state index contributed by atoms with van der Waals surface area (Å²) in [6.45, 7) is 18.5. The molecule has 0 bridgehead atoms. The summed E-state index contributed by atoms with van der Waals surface area (Å²) in [6.07, 6.45) is 17.4. The molecule has 6 rings (SSSR count). The maximum absolute atomic E-state index is 14.2. The normalized spacial score (nSPS) is 50.1. The van der Waals surface area contributed by atoms with Crippen LogP contribution in [0.3, 0.4) is 0 Å². The van der Waals surface area contributed by atoms with E-state index in [0.717, 1.165) is 54.9 Å². The number of hydrogen-bond donors (Lipinski definition) is 1. The number of nitrogens with zero attached hydrogens (tertiary/aromatic N) is 1. The molecule has 37 heavy (non-hydrogen) atoms. The summed E-state index contributed by atoms with van der Waals surface area (Å²) in [7, 11) is 0. The molecule has 0 aromatic carbocycles. The number of fused-ring (bicyclic) bond motifs is 7. The minimum absolute atomic E-state index is 0.0808. The average Bonchev–Trinajstić information content (AvgIpc) is 3.51. The molecular formula is C34H58N2O. The van der Waals surface area contributed by atoms with Crippen LogP contribution >= 0.6 is 0 Å². The quantitative estimate of drug-likeness (QED) is 0.420. The highest BCUT2D eigenvalue weighted by Crippen LogP contribution is 2.72. The van der Waals surface area contributed by atoms with Gasteiger partial charge < -0.3 is 10.2 Å². The van der Waals surface area contributed by atoms with Gasteiger partial charge in [0, 0.05) is 12.1 Å². The van der Waals surface area contributed by atoms with Crippen molar-refractivity contribution in [1.29, 1.82) is 0 Å². The lowest BCUT2D eigenvalue weighted by Crippen LogP contribution is -2.62. The lowest BCUT2D eigenvalue weighted by atomic mass is 9.37. The lowest BCUT2D eigenvalue weighted by molar-refractivity contribution is -0.190. The van der Waals surface area contributed by atoms with Crippen LogP contribution in [-0.4, -0.2) is 36.0 Å². The largest absolute Gasteiger partial charge is 0.349 e. The zero-order valence-corrected chi connectivity index (χ0v) is 25.2. The number of rotatable bonds is 4. The maximum atomic E-state index is 14.2. The van der Waals surface area contributed by atoms with Crippen molar-refractivity contribution in [1.82, 2.24) is 10.2 Å². The molecule has 3 nitrogen and oxygen atoms in total. The Morgan fingerprint density at radius 3 is 2.24 bits per heavy atom. The van der Waals surface area contributed by atoms with Crippen LogP contribution in [0.5, 0.6) is 0 Å². The van der Waals surface area contributed by atoms with E-state index in [0.29, 0.717) is 22.7 Å². The van der Waals surface area contributed by atoms with E-state index in [1.807, 2.05) is 0 Å². The molecule has 6 fully saturated rings. The Bertz CT molecular complexity index is 877. The Hall–Kier alpha value is -0.570. The number of nitrogens with one attached hydrogen (secondary N) is 1. The molecule has 10 unspecified atom stereocenters. The van der Waals surface area contributed by atoms with Gasteiger partial charge in [-0.15, -0.1) is 0 Å². The third-order valence-corrected chi connectivity index (χ3v) is 14.2. The molecule has 0 spiro atoms. The Kier molecular flexibility index (Phi) is 6.65. The molecule has 5 aliphatic carbocycles. The van der Waals surface area contributed by atoms with Crippen LogP contribution in [0.25, 0.3) is 0 Å². The Balaban J connectivity index is 1.21. The monoisotopic (exact) mass is 510 g/mol. The van der Waals surface area contributed by atoms with Gasteiger partial charge >= 0.3 is 0 Å². The van der Waals surface area contributed by atoms with Gasteiger partial charge in [0.25, 0.3) is 0 Å². The summed E-state index contributed by atoms with van der Waals surface area (Å²) >= 11 is 0. The van der Waals surface area contributed by atoms with Gasteiger partial charge in [-0.05, 0) is 156 Å². The van der Waals surface area contributed by atoms with E-state index in [9.17, 15) is 4.79 Å². The zero-order chi connectivity index (χ0) is 26.2. The predicted molar refractivity (Wildman–Crippen MR) is 153 cm³/mol. The van der Waals surface area contributed by atoms with Crippen molar-refractivity contribution in [3.8, 4) is 0 Å². The van der Waals surface area contributed by atoms with Gasteiger partial charge in [-0.2, -0.15) is 0 Å². The Labute approximate surface area is 228 Å². The average molecular weight is 511 g/mol. The molecule has 5 saturated carbocycles. The van der Waals surface area contributed by atoms with Crippen molar-refractivity contribution in [2.24, 2.45) is 57.7 Å². The third kappa shape index (κ3) is 4.09. The van der Waals surface area contributed by atoms with Crippen molar-refractivity contribution < 1.29 is 4.79 Å². The first-order chi connectivity index (χ1) is 17.5. The van der Waals surface area contributed by atoms with Gasteiger partial charge in [0.2, 0.25) is 5.91 Å². The van der Waals surface area contributed by atoms with Crippen molar-refractivity contribution in [2.75, 3.05) is 19.6 Å². The number of carbonyl (C=O) groups is 1. The van der Waals surface area contributed by atoms with E-state index in [4.69, 9.17) is 0 Å². The molecule has 0 radical (unpaired) electrons. The second kappa shape index (κ2) is 9.24. The summed E-state index contributed by atoms with van der Waals surface area (Å²) in [6, 6.07) is 0. The van der Waals surface area contributed by atoms with Crippen LogP contribution in [0.15, 0.2) is 0 Å². The molecule has 1 N–H and O–H groups in total. The van der Waals surface area contributed by atoms with Crippen molar-refractivity contribution in [3.63, 3.8) is 0 Å². The van der Waals surface area contributed by atoms with Crippen LogP contribution in [0.4, 0.5) is 0 Å². The van der Waals surface area contributed by atoms with E-state index in [2.05, 4.69) is 51.8 Å². The molecule has 1 aliphatic heterocycles. The first-order valence-corrected chi connectivity index (χ1v) is 16.6. The van der Waals surface area contributed by atoms with E-state index in [-0.39, 0.29) is 11.0 Å². The second-order valence-corrected chi connectivity index (χ2v) is 16.4. The smallest absolute Gasteiger partial charge is 0.226 e. The summed E-state index contributed by atoms with van der Waals surface area (Å²) in [5, 5.41) is 3.65. The van der Waals surface area contributed by atoms with Crippen LogP contribution in [0, 0.1) is 57.7 Å². The lowest BCUT2D eigenvalue weighted by Gasteiger charge is -2.67. The standard InChI is InChI=1S/C34H58N2O/c1-23-13-17-32(5)26(24(23)2)14-18-33(6)27-15-19-34(16-9-10-28(34)25(27)11-12-29(32)33)30(37)35-31(3,4)22-36-20-7-8-21-36/h23-29H,7-22H2,1-6H3,(H,35,37). The first kappa shape index (κ1) is 26.6. The number of hydrogen-bond acceptors (Lipinski definition) is 2. The molecule has 210 valence electrons. The molecule has 0 aromatic heterocycles. The summed E-state index contributed by atoms with van der Waals surface area (Å²) in [5.74, 6) is 6.31. The third-order valence-electron chi connectivity index (χ3n) is 14.2. The van der Waals surface area contributed by atoms with Crippen LogP contribution in [0.2, 0.25) is 0 Å². The maximum Gasteiger partial charge on any atom is 0.226 e. The van der Waals surface area contributed by atoms with E-state index in [1.54, 1.807) is 0 Å². The fraction of sp³-hybridized carbons (Fsp3) is 0.971. The number of amides is 1. The van der Waals surface area contributed by atoms with Crippen LogP contribution < -0.4 is 5.32 Å². The summed E-state index contributed by atoms with van der Waals surface area (Å²) < 4.78 is 0. The van der Waals surface area contributed by atoms with Gasteiger partial charge in [-0.25, -0.2) is 0 Å². The highest BCUT2D eigenvalue weighted by Gasteiger charge is 2.65. The van der Waals surface area contributed by atoms with Gasteiger partial charge in [-0.3, -0.25) is 4.79 Å². The highest BCUT2D eigenvalue weighted by atomic mass is 16.2. The van der Waals surface area contributed by atoms with Gasteiger partial charge in [0.05, 0.1) is 5.41 Å². The zero-order valence-electron chi connectivity index (χ0n) is 25.2. The Morgan fingerprint density at radius 2 is 1.49 bits per heavy atom. The van der Waals surface area contributed by atoms with Gasteiger partial charge in [0.1, 0.15) is 0 Å². The highest BCUT2D eigenvalue weighted by molar-refractivity contribution is 5.84. The minimum atomic E-state index is -0.133. The summed E-state index contributed by atoms with van der Waals surface area (Å²) in [4.78, 5) is 16.8. The van der Waals surface area contributed by atoms with E-state index >= 15 is 0 Å². The molecule has 1 saturated heterocycles. The molecular weight excluding hydrogens is 452 g/mol. The molecule has 3 heteroatoms. The minimum Gasteiger partial charge on any atom is -0.349 e. The van der Waals surface area contributed by atoms with E-state index in [1.165, 1.54) is 83.7 Å². The Morgan fingerprint density at radius 1 is 0.811 bits per heavy atom. The van der Waals surface area contributed by atoms with Crippen LogP contribution in [0.1, 0.15) is 125 Å². The van der Waals surface area contributed by atoms with Crippen molar-refractivity contribution in [3.05, 3.63) is 0 Å². The molecule has 1 amide bonds. The van der Waals surface area contributed by atoms with Gasteiger partial charge in [-0.1, -0.05) is 34.1 Å². The molecule has 1 heterocycles. The SMILES string of the molecule is CC1CCC2(C)C(CCC3(C)C4CCC5(C(=O)NC(C)(C)CN6CCCC6)CCCC5C4CCC23)C1C. The van der Waals surface area contributed by atoms with Gasteiger partial charge in [0.15, 0.2) is 0 Å².